The summed E-state index contributed by atoms with van der Waals surface area (Å²) in [6.45, 7) is 0. The minimum Gasteiger partial charge on any atom is -0.716 e. The third-order valence-electron chi connectivity index (χ3n) is 7.67. The van der Waals surface area contributed by atoms with E-state index in [0.717, 1.165) is 6.07 Å². The zero-order chi connectivity index (χ0) is 32.4. The fraction of sp³-hybridized carbons (Fsp3) is 0.233. The molecule has 1 aliphatic rings. The molecule has 3 aromatic carbocycles. The van der Waals surface area contributed by atoms with Gasteiger partial charge in [0.1, 0.15) is 17.3 Å². The van der Waals surface area contributed by atoms with Gasteiger partial charge < -0.3 is 51.6 Å². The van der Waals surface area contributed by atoms with E-state index in [1.54, 1.807) is 12.1 Å². The van der Waals surface area contributed by atoms with Gasteiger partial charge in [0.05, 0.1) is 41.2 Å². The number of aromatic nitrogens is 1. The van der Waals surface area contributed by atoms with Crippen molar-refractivity contribution >= 4 is 32.3 Å². The van der Waals surface area contributed by atoms with Crippen LogP contribution in [0.5, 0.6) is 40.2 Å². The molecule has 1 atom stereocenters. The molecule has 0 amide bonds. The molecule has 0 aliphatic carbocycles. The first kappa shape index (κ1) is 33.2. The number of phenols is 1. The summed E-state index contributed by atoms with van der Waals surface area (Å²) in [5.41, 5.74) is 1.14. The second kappa shape index (κ2) is 12.2. The molecule has 0 saturated heterocycles. The van der Waals surface area contributed by atoms with Crippen LogP contribution >= 0.6 is 0 Å². The Morgan fingerprint density at radius 1 is 0.891 bits per heavy atom. The number of hydrogen-bond acceptors (Lipinski definition) is 13. The number of phenolic OH excluding ortho intramolecular Hbond substituents is 1. The van der Waals surface area contributed by atoms with Gasteiger partial charge in [-0.1, -0.05) is 6.07 Å². The average Bonchev–Trinajstić information content (AvgIpc) is 3.37. The Morgan fingerprint density at radius 3 is 2.15 bits per heavy atom. The van der Waals surface area contributed by atoms with Gasteiger partial charge in [-0.2, -0.15) is 0 Å². The Kier molecular flexibility index (Phi) is 8.85. The largest absolute Gasteiger partial charge is 1.00 e. The Labute approximate surface area is 283 Å². The van der Waals surface area contributed by atoms with Crippen LogP contribution in [0.2, 0.25) is 0 Å². The van der Waals surface area contributed by atoms with Crippen LogP contribution in [-0.2, 0) is 16.8 Å². The second-order valence-corrected chi connectivity index (χ2v) is 10.9. The maximum Gasteiger partial charge on any atom is 1.00 e. The van der Waals surface area contributed by atoms with Crippen molar-refractivity contribution < 1.29 is 85.0 Å². The molecular formula is C30H26NNaO13S. The molecule has 0 bridgehead atoms. The number of rotatable bonds is 8. The molecule has 0 radical (unpaired) electrons. The number of methoxy groups -OCH3 is 5. The number of aliphatic hydroxyl groups excluding tert-OH is 1. The predicted molar refractivity (Wildman–Crippen MR) is 159 cm³/mol. The monoisotopic (exact) mass is 663 g/mol. The van der Waals surface area contributed by atoms with Crippen molar-refractivity contribution in [3.8, 4) is 62.6 Å². The summed E-state index contributed by atoms with van der Waals surface area (Å²) >= 11 is 0. The Balaban J connectivity index is 0.00000417. The first-order valence-electron chi connectivity index (χ1n) is 13.2. The summed E-state index contributed by atoms with van der Waals surface area (Å²) in [6, 6.07) is 8.73. The van der Waals surface area contributed by atoms with E-state index in [9.17, 15) is 28.0 Å². The molecule has 2 aromatic heterocycles. The smallest absolute Gasteiger partial charge is 0.716 e. The fourth-order valence-corrected chi connectivity index (χ4v) is 6.30. The SMILES string of the molecule is COc1ccc(-c2c3n(c4c(=O)oc5cc(OS(=O)(=O)[O-])c(OC)cc5c24)C(O)Cc2c-3cc(OC)c(OC)c2OC)cc1O.[Na+]. The molecular weight excluding hydrogens is 637 g/mol. The summed E-state index contributed by atoms with van der Waals surface area (Å²) < 4.78 is 73.3. The topological polar surface area (TPSA) is 188 Å². The molecule has 5 aromatic rings. The molecule has 1 unspecified atom stereocenters. The predicted octanol–water partition coefficient (Wildman–Crippen LogP) is 0.720. The Morgan fingerprint density at radius 2 is 1.57 bits per heavy atom. The van der Waals surface area contributed by atoms with Gasteiger partial charge in [-0.15, -0.1) is 0 Å². The number of aromatic hydroxyl groups is 1. The standard InChI is InChI=1S/C30H27NO13S.Na/c1-38-18-7-6-13(8-17(18)32)24-25-16-10-20(39-2)21(44-45(35,36)37)12-19(16)43-30(34)27(25)31-23(33)11-15-14(26(24)31)9-22(40-3)29(42-5)28(15)41-4;/h6-10,12,23,32-33H,11H2,1-5H3,(H,35,36,37);/q;+1/p-1. The number of fused-ring (bicyclic) bond motifs is 7. The zero-order valence-corrected chi connectivity index (χ0v) is 28.3. The van der Waals surface area contributed by atoms with Gasteiger partial charge in [-0.05, 0) is 29.8 Å². The van der Waals surface area contributed by atoms with E-state index in [-0.39, 0.29) is 75.1 Å². The number of aliphatic hydroxyl groups is 1. The summed E-state index contributed by atoms with van der Waals surface area (Å²) in [5, 5.41) is 22.9. The summed E-state index contributed by atoms with van der Waals surface area (Å²) in [5.74, 6) is 0.256. The van der Waals surface area contributed by atoms with Crippen LogP contribution in [0.4, 0.5) is 0 Å². The van der Waals surface area contributed by atoms with E-state index in [2.05, 4.69) is 4.18 Å². The summed E-state index contributed by atoms with van der Waals surface area (Å²) in [4.78, 5) is 13.7. The molecule has 236 valence electrons. The molecule has 14 nitrogen and oxygen atoms in total. The number of ether oxygens (including phenoxy) is 5. The van der Waals surface area contributed by atoms with Crippen LogP contribution in [0.3, 0.4) is 0 Å². The number of benzene rings is 3. The van der Waals surface area contributed by atoms with Crippen molar-refractivity contribution in [1.82, 2.24) is 4.57 Å². The normalized spacial score (nSPS) is 13.8. The molecule has 6 rings (SSSR count). The van der Waals surface area contributed by atoms with Crippen LogP contribution in [-0.4, -0.2) is 63.3 Å². The Hall–Kier alpha value is -4.12. The van der Waals surface area contributed by atoms with Gasteiger partial charge in [-0.3, -0.25) is 0 Å². The minimum absolute atomic E-state index is 0. The van der Waals surface area contributed by atoms with Gasteiger partial charge in [-0.25, -0.2) is 13.2 Å². The summed E-state index contributed by atoms with van der Waals surface area (Å²) in [6.07, 6.45) is -1.31. The molecule has 3 heterocycles. The first-order valence-corrected chi connectivity index (χ1v) is 14.5. The average molecular weight is 664 g/mol. The van der Waals surface area contributed by atoms with E-state index in [1.807, 2.05) is 0 Å². The van der Waals surface area contributed by atoms with E-state index < -0.39 is 28.0 Å². The third-order valence-corrected chi connectivity index (χ3v) is 8.05. The van der Waals surface area contributed by atoms with Gasteiger partial charge >= 0.3 is 35.2 Å². The molecule has 0 fully saturated rings. The second-order valence-electron chi connectivity index (χ2n) is 9.94. The van der Waals surface area contributed by atoms with Crippen LogP contribution < -0.4 is 63.1 Å². The van der Waals surface area contributed by atoms with Crippen molar-refractivity contribution in [2.45, 2.75) is 12.6 Å². The molecule has 16 heteroatoms. The van der Waals surface area contributed by atoms with Crippen LogP contribution in [0.1, 0.15) is 11.8 Å². The molecule has 0 saturated carbocycles. The molecule has 0 spiro atoms. The van der Waals surface area contributed by atoms with Crippen molar-refractivity contribution in [2.24, 2.45) is 0 Å². The maximum atomic E-state index is 13.7. The minimum atomic E-state index is -5.22. The van der Waals surface area contributed by atoms with E-state index >= 15 is 0 Å². The van der Waals surface area contributed by atoms with Gasteiger partial charge in [0.25, 0.3) is 10.4 Å². The van der Waals surface area contributed by atoms with Gasteiger partial charge in [0, 0.05) is 39.9 Å². The van der Waals surface area contributed by atoms with Crippen LogP contribution in [0.25, 0.3) is 44.3 Å². The van der Waals surface area contributed by atoms with Crippen LogP contribution in [0, 0.1) is 0 Å². The van der Waals surface area contributed by atoms with Crippen molar-refractivity contribution in [3.05, 3.63) is 52.4 Å². The van der Waals surface area contributed by atoms with E-state index in [1.165, 1.54) is 58.3 Å². The first-order chi connectivity index (χ1) is 21.5. The molecule has 1 aliphatic heterocycles. The number of nitrogens with zero attached hydrogens (tertiary/aromatic N) is 1. The van der Waals surface area contributed by atoms with Gasteiger partial charge in [0.15, 0.2) is 34.5 Å². The van der Waals surface area contributed by atoms with Gasteiger partial charge in [0.2, 0.25) is 5.75 Å². The quantitative estimate of drug-likeness (QED) is 0.102. The maximum absolute atomic E-state index is 13.7. The van der Waals surface area contributed by atoms with E-state index in [0.29, 0.717) is 45.2 Å². The van der Waals surface area contributed by atoms with Crippen molar-refractivity contribution in [1.29, 1.82) is 0 Å². The van der Waals surface area contributed by atoms with Crippen LogP contribution in [0.15, 0.2) is 45.6 Å². The third kappa shape index (κ3) is 5.18. The van der Waals surface area contributed by atoms with Crippen molar-refractivity contribution in [3.63, 3.8) is 0 Å². The summed E-state index contributed by atoms with van der Waals surface area (Å²) in [7, 11) is 1.78. The van der Waals surface area contributed by atoms with Crippen molar-refractivity contribution in [2.75, 3.05) is 35.5 Å². The fourth-order valence-electron chi connectivity index (χ4n) is 5.95. The zero-order valence-electron chi connectivity index (χ0n) is 25.5. The van der Waals surface area contributed by atoms with E-state index in [4.69, 9.17) is 28.1 Å². The molecule has 2 N–H and O–H groups in total. The Bertz CT molecular complexity index is 2190. The number of hydrogen-bond donors (Lipinski definition) is 2. The molecule has 46 heavy (non-hydrogen) atoms.